The van der Waals surface area contributed by atoms with Crippen LogP contribution < -0.4 is 0 Å². The van der Waals surface area contributed by atoms with Gasteiger partial charge in [0.1, 0.15) is 5.69 Å². The summed E-state index contributed by atoms with van der Waals surface area (Å²) in [6.07, 6.45) is 1.86. The van der Waals surface area contributed by atoms with E-state index in [4.69, 9.17) is 4.98 Å². The van der Waals surface area contributed by atoms with Crippen LogP contribution in [0.3, 0.4) is 0 Å². The average molecular weight is 275 g/mol. The van der Waals surface area contributed by atoms with E-state index in [1.807, 2.05) is 51.2 Å². The molecule has 0 atom stereocenters. The highest BCUT2D eigenvalue weighted by Gasteiger charge is 2.10. The molecule has 0 saturated carbocycles. The molecule has 2 heterocycles. The standard InChI is InChI=1S/C18H17N3/c1-12-9-10-16(15-7-5-4-6-8-15)21-17(12)18-19-11-13(2)14(3)20-18/h4-11H,1-3H3. The number of benzene rings is 1. The number of rotatable bonds is 2. The van der Waals surface area contributed by atoms with Crippen LogP contribution in [-0.2, 0) is 0 Å². The van der Waals surface area contributed by atoms with Gasteiger partial charge in [-0.2, -0.15) is 0 Å². The van der Waals surface area contributed by atoms with Gasteiger partial charge in [0.05, 0.1) is 5.69 Å². The second kappa shape index (κ2) is 5.44. The largest absolute Gasteiger partial charge is 0.244 e. The summed E-state index contributed by atoms with van der Waals surface area (Å²) in [5.74, 6) is 0.688. The fourth-order valence-corrected chi connectivity index (χ4v) is 2.17. The molecule has 0 fully saturated rings. The van der Waals surface area contributed by atoms with Gasteiger partial charge in [-0.1, -0.05) is 36.4 Å². The monoisotopic (exact) mass is 275 g/mol. The van der Waals surface area contributed by atoms with E-state index >= 15 is 0 Å². The number of hydrogen-bond acceptors (Lipinski definition) is 3. The van der Waals surface area contributed by atoms with Crippen molar-refractivity contribution in [1.82, 2.24) is 15.0 Å². The SMILES string of the molecule is Cc1cnc(-c2nc(-c3ccccc3)ccc2C)nc1C. The molecule has 3 heteroatoms. The minimum absolute atomic E-state index is 0.688. The number of aromatic nitrogens is 3. The molecule has 3 nitrogen and oxygen atoms in total. The van der Waals surface area contributed by atoms with Gasteiger partial charge < -0.3 is 0 Å². The van der Waals surface area contributed by atoms with Gasteiger partial charge in [0.25, 0.3) is 0 Å². The third-order valence-corrected chi connectivity index (χ3v) is 3.60. The third-order valence-electron chi connectivity index (χ3n) is 3.60. The Balaban J connectivity index is 2.12. The minimum Gasteiger partial charge on any atom is -0.244 e. The van der Waals surface area contributed by atoms with Crippen LogP contribution in [0.1, 0.15) is 16.8 Å². The second-order valence-corrected chi connectivity index (χ2v) is 5.19. The predicted molar refractivity (Wildman–Crippen MR) is 84.9 cm³/mol. The van der Waals surface area contributed by atoms with Crippen LogP contribution in [0.4, 0.5) is 0 Å². The average Bonchev–Trinajstić information content (AvgIpc) is 2.51. The maximum atomic E-state index is 4.76. The predicted octanol–water partition coefficient (Wildman–Crippen LogP) is 4.13. The molecule has 0 saturated heterocycles. The van der Waals surface area contributed by atoms with E-state index in [0.717, 1.165) is 33.8 Å². The van der Waals surface area contributed by atoms with Crippen molar-refractivity contribution in [1.29, 1.82) is 0 Å². The number of nitrogens with zero attached hydrogens (tertiary/aromatic N) is 3. The Hall–Kier alpha value is -2.55. The van der Waals surface area contributed by atoms with Crippen molar-refractivity contribution in [2.45, 2.75) is 20.8 Å². The summed E-state index contributed by atoms with van der Waals surface area (Å²) in [6.45, 7) is 6.05. The lowest BCUT2D eigenvalue weighted by Gasteiger charge is -2.08. The van der Waals surface area contributed by atoms with Crippen molar-refractivity contribution in [2.24, 2.45) is 0 Å². The van der Waals surface area contributed by atoms with Crippen LogP contribution in [0, 0.1) is 20.8 Å². The van der Waals surface area contributed by atoms with Crippen LogP contribution in [0.2, 0.25) is 0 Å². The molecular formula is C18H17N3. The van der Waals surface area contributed by atoms with Gasteiger partial charge in [0.2, 0.25) is 0 Å². The van der Waals surface area contributed by atoms with Gasteiger partial charge >= 0.3 is 0 Å². The fourth-order valence-electron chi connectivity index (χ4n) is 2.17. The molecule has 0 amide bonds. The molecule has 2 aromatic heterocycles. The van der Waals surface area contributed by atoms with E-state index in [1.54, 1.807) is 0 Å². The zero-order valence-electron chi connectivity index (χ0n) is 12.5. The van der Waals surface area contributed by atoms with Gasteiger partial charge in [-0.05, 0) is 38.0 Å². The first-order valence-corrected chi connectivity index (χ1v) is 6.99. The van der Waals surface area contributed by atoms with Crippen molar-refractivity contribution in [3.05, 3.63) is 65.5 Å². The molecule has 0 aliphatic rings. The van der Waals surface area contributed by atoms with Gasteiger partial charge in [-0.15, -0.1) is 0 Å². The Morgan fingerprint density at radius 1 is 0.762 bits per heavy atom. The highest BCUT2D eigenvalue weighted by Crippen LogP contribution is 2.23. The van der Waals surface area contributed by atoms with Crippen molar-refractivity contribution < 1.29 is 0 Å². The molecule has 0 aliphatic heterocycles. The normalized spacial score (nSPS) is 10.6. The van der Waals surface area contributed by atoms with Gasteiger partial charge in [-0.3, -0.25) is 0 Å². The zero-order chi connectivity index (χ0) is 14.8. The van der Waals surface area contributed by atoms with Gasteiger partial charge in [0, 0.05) is 17.5 Å². The molecule has 1 aromatic carbocycles. The molecule has 0 N–H and O–H groups in total. The molecule has 3 aromatic rings. The van der Waals surface area contributed by atoms with Crippen molar-refractivity contribution in [3.8, 4) is 22.8 Å². The van der Waals surface area contributed by atoms with E-state index in [9.17, 15) is 0 Å². The summed E-state index contributed by atoms with van der Waals surface area (Å²) in [4.78, 5) is 13.8. The van der Waals surface area contributed by atoms with Crippen LogP contribution in [0.5, 0.6) is 0 Å². The summed E-state index contributed by atoms with van der Waals surface area (Å²) < 4.78 is 0. The Kier molecular flexibility index (Phi) is 3.48. The highest BCUT2D eigenvalue weighted by molar-refractivity contribution is 5.65. The molecule has 0 unspecified atom stereocenters. The first-order valence-electron chi connectivity index (χ1n) is 6.99. The van der Waals surface area contributed by atoms with Gasteiger partial charge in [0.15, 0.2) is 5.82 Å². The van der Waals surface area contributed by atoms with E-state index in [2.05, 4.69) is 28.2 Å². The number of pyridine rings is 1. The molecule has 104 valence electrons. The van der Waals surface area contributed by atoms with Gasteiger partial charge in [-0.25, -0.2) is 15.0 Å². The molecule has 0 aliphatic carbocycles. The summed E-state index contributed by atoms with van der Waals surface area (Å²) in [5.41, 5.74) is 6.06. The van der Waals surface area contributed by atoms with Crippen LogP contribution in [0.15, 0.2) is 48.7 Å². The lowest BCUT2D eigenvalue weighted by Crippen LogP contribution is -1.99. The Morgan fingerprint density at radius 2 is 1.52 bits per heavy atom. The summed E-state index contributed by atoms with van der Waals surface area (Å²) >= 11 is 0. The van der Waals surface area contributed by atoms with E-state index in [1.165, 1.54) is 0 Å². The van der Waals surface area contributed by atoms with Crippen molar-refractivity contribution in [2.75, 3.05) is 0 Å². The van der Waals surface area contributed by atoms with Crippen molar-refractivity contribution >= 4 is 0 Å². The van der Waals surface area contributed by atoms with Crippen LogP contribution in [0.25, 0.3) is 22.8 Å². The number of aryl methyl sites for hydroxylation is 3. The van der Waals surface area contributed by atoms with Crippen LogP contribution in [-0.4, -0.2) is 15.0 Å². The second-order valence-electron chi connectivity index (χ2n) is 5.19. The third kappa shape index (κ3) is 2.68. The lowest BCUT2D eigenvalue weighted by atomic mass is 10.1. The Labute approximate surface area is 124 Å². The quantitative estimate of drug-likeness (QED) is 0.705. The first-order chi connectivity index (χ1) is 10.1. The van der Waals surface area contributed by atoms with E-state index in [-0.39, 0.29) is 0 Å². The molecular weight excluding hydrogens is 258 g/mol. The summed E-state index contributed by atoms with van der Waals surface area (Å²) in [7, 11) is 0. The maximum Gasteiger partial charge on any atom is 0.178 e. The Morgan fingerprint density at radius 3 is 2.24 bits per heavy atom. The maximum absolute atomic E-state index is 4.76. The number of hydrogen-bond donors (Lipinski definition) is 0. The minimum atomic E-state index is 0.688. The lowest BCUT2D eigenvalue weighted by molar-refractivity contribution is 1.05. The summed E-state index contributed by atoms with van der Waals surface area (Å²) in [6, 6.07) is 14.3. The summed E-state index contributed by atoms with van der Waals surface area (Å²) in [5, 5.41) is 0. The topological polar surface area (TPSA) is 38.7 Å². The Bertz CT molecular complexity index is 780. The van der Waals surface area contributed by atoms with Crippen LogP contribution >= 0.6 is 0 Å². The smallest absolute Gasteiger partial charge is 0.178 e. The zero-order valence-corrected chi connectivity index (χ0v) is 12.5. The molecule has 21 heavy (non-hydrogen) atoms. The molecule has 0 spiro atoms. The van der Waals surface area contributed by atoms with E-state index in [0.29, 0.717) is 5.82 Å². The molecule has 0 radical (unpaired) electrons. The molecule has 0 bridgehead atoms. The molecule has 3 rings (SSSR count). The fraction of sp³-hybridized carbons (Fsp3) is 0.167. The first kappa shape index (κ1) is 13.4. The van der Waals surface area contributed by atoms with Crippen molar-refractivity contribution in [3.63, 3.8) is 0 Å². The van der Waals surface area contributed by atoms with E-state index < -0.39 is 0 Å². The highest BCUT2D eigenvalue weighted by atomic mass is 14.9.